The molecule has 0 bridgehead atoms. The molecular weight excluding hydrogens is 283 g/mol. The average Bonchev–Trinajstić information content (AvgIpc) is 0. The van der Waals surface area contributed by atoms with Gasteiger partial charge in [-0.05, 0) is 0 Å². The Morgan fingerprint density at radius 1 is 0.400 bits per heavy atom. The van der Waals surface area contributed by atoms with Gasteiger partial charge >= 0.3 is 0 Å². The molecule has 5 heavy (non-hydrogen) atoms. The Bertz CT molecular complexity index is 3.61. The van der Waals surface area contributed by atoms with Gasteiger partial charge in [-0.15, -0.1) is 0 Å². The second kappa shape index (κ2) is 31.3. The van der Waals surface area contributed by atoms with Gasteiger partial charge in [-0.2, -0.15) is 0 Å². The maximum Gasteiger partial charge on any atom is 0 e. The van der Waals surface area contributed by atoms with Gasteiger partial charge in [0.1, 0.15) is 0 Å². The first-order valence-corrected chi connectivity index (χ1v) is 0. The quantitative estimate of drug-likeness (QED) is 0.414. The van der Waals surface area contributed by atoms with E-state index in [9.17, 15) is 0 Å². The summed E-state index contributed by atoms with van der Waals surface area (Å²) < 4.78 is 0. The zero-order valence-electron chi connectivity index (χ0n) is 2.09. The van der Waals surface area contributed by atoms with Crippen molar-refractivity contribution in [1.82, 2.24) is 0 Å². The molecule has 0 aromatic heterocycles. The van der Waals surface area contributed by atoms with Crippen LogP contribution in [0.2, 0.25) is 0 Å². The van der Waals surface area contributed by atoms with E-state index in [2.05, 4.69) is 0 Å². The molecule has 0 aliphatic rings. The van der Waals surface area contributed by atoms with Gasteiger partial charge in [-0.1, -0.05) is 0 Å². The van der Waals surface area contributed by atoms with Crippen LogP contribution in [0.1, 0.15) is 0 Å². The molecule has 0 aliphatic carbocycles. The molecule has 0 heterocycles. The molecule has 0 amide bonds. The molecule has 0 atom stereocenters. The largest absolute Gasteiger partial charge is 1.00 e. The Hall–Kier alpha value is 2.52. The minimum Gasteiger partial charge on any atom is -1.00 e. The van der Waals surface area contributed by atoms with Crippen LogP contribution in [-0.4, -0.2) is 0 Å². The van der Waals surface area contributed by atoms with E-state index in [-0.39, 0.29) is 90.9 Å². The van der Waals surface area contributed by atoms with Crippen molar-refractivity contribution in [2.24, 2.45) is 0 Å². The monoisotopic (exact) mass is 281 g/mol. The molecule has 0 nitrogen and oxygen atoms in total. The molecule has 0 saturated carbocycles. The van der Waals surface area contributed by atoms with Crippen molar-refractivity contribution < 1.29 is 90.9 Å². The summed E-state index contributed by atoms with van der Waals surface area (Å²) in [4.78, 5) is 0. The van der Waals surface area contributed by atoms with Gasteiger partial charge in [0, 0.05) is 41.3 Å². The smallest absolute Gasteiger partial charge is 0 e. The molecule has 0 saturated heterocycles. The van der Waals surface area contributed by atoms with E-state index in [1.54, 1.807) is 0 Å². The topological polar surface area (TPSA) is 0 Å². The molecule has 0 aromatic carbocycles. The summed E-state index contributed by atoms with van der Waals surface area (Å²) in [5.74, 6) is 0. The summed E-state index contributed by atoms with van der Waals surface area (Å²) in [6.07, 6.45) is 0. The van der Waals surface area contributed by atoms with Crippen molar-refractivity contribution in [3.05, 3.63) is 0 Å². The summed E-state index contributed by atoms with van der Waals surface area (Å²) in [6.45, 7) is 0. The maximum absolute atomic E-state index is 0. The van der Waals surface area contributed by atoms with Crippen molar-refractivity contribution in [2.75, 3.05) is 0 Å². The van der Waals surface area contributed by atoms with Gasteiger partial charge in [-0.25, -0.2) is 0 Å². The predicted molar refractivity (Wildman–Crippen MR) is 0 cm³/mol. The fourth-order valence-corrected chi connectivity index (χ4v) is 0. The van der Waals surface area contributed by atoms with Crippen molar-refractivity contribution in [3.63, 3.8) is 0 Å². The van der Waals surface area contributed by atoms with Crippen molar-refractivity contribution in [2.45, 2.75) is 0 Å². The van der Waals surface area contributed by atoms with E-state index in [1.165, 1.54) is 0 Å². The predicted octanol–water partition coefficient (Wildman–Crippen LogP) is -12.0. The molecular formula is Cl4Pr-4. The van der Waals surface area contributed by atoms with E-state index >= 15 is 0 Å². The van der Waals surface area contributed by atoms with Crippen LogP contribution in [-0.2, 0) is 0 Å². The Balaban J connectivity index is 0. The molecule has 0 unspecified atom stereocenters. The number of halogens is 4. The Kier molecular flexibility index (Phi) is 314. The summed E-state index contributed by atoms with van der Waals surface area (Å²) in [5.41, 5.74) is 0. The molecule has 0 spiro atoms. The molecule has 0 aliphatic heterocycles. The van der Waals surface area contributed by atoms with E-state index < -0.39 is 0 Å². The van der Waals surface area contributed by atoms with Gasteiger partial charge in [0.05, 0.1) is 0 Å². The molecule has 0 rings (SSSR count). The molecule has 0 aromatic rings. The summed E-state index contributed by atoms with van der Waals surface area (Å²) in [5, 5.41) is 0. The van der Waals surface area contributed by atoms with Gasteiger partial charge in [0.2, 0.25) is 0 Å². The van der Waals surface area contributed by atoms with Crippen molar-refractivity contribution in [1.29, 1.82) is 0 Å². The zero-order chi connectivity index (χ0) is 0. The average molecular weight is 283 g/mol. The normalized spacial score (nSPS) is 0. The van der Waals surface area contributed by atoms with Crippen LogP contribution < -0.4 is 49.6 Å². The standard InChI is InChI=1S/4ClH.Pr/h4*1H;/p-4. The number of hydrogen-bond acceptors (Lipinski definition) is 0. The van der Waals surface area contributed by atoms with Crippen LogP contribution in [0, 0.1) is 41.3 Å². The number of hydrogen-bond donors (Lipinski definition) is 0. The van der Waals surface area contributed by atoms with Crippen molar-refractivity contribution in [3.8, 4) is 0 Å². The van der Waals surface area contributed by atoms with Crippen LogP contribution in [0.25, 0.3) is 0 Å². The van der Waals surface area contributed by atoms with Gasteiger partial charge in [0.15, 0.2) is 0 Å². The summed E-state index contributed by atoms with van der Waals surface area (Å²) in [6, 6.07) is 0. The first-order chi connectivity index (χ1) is 0. The molecule has 1 radical (unpaired) electrons. The Labute approximate surface area is 89.4 Å². The summed E-state index contributed by atoms with van der Waals surface area (Å²) in [7, 11) is 0. The Morgan fingerprint density at radius 3 is 0.400 bits per heavy atom. The first kappa shape index (κ1) is 50.3. The van der Waals surface area contributed by atoms with Gasteiger partial charge < -0.3 is 49.6 Å². The summed E-state index contributed by atoms with van der Waals surface area (Å²) >= 11 is 0. The second-order valence-electron chi connectivity index (χ2n) is 0. The Morgan fingerprint density at radius 2 is 0.400 bits per heavy atom. The SMILES string of the molecule is [Cl-].[Cl-].[Cl-].[Cl-].[Pr]. The minimum atomic E-state index is 0. The van der Waals surface area contributed by atoms with E-state index in [1.807, 2.05) is 0 Å². The van der Waals surface area contributed by atoms with Crippen LogP contribution >= 0.6 is 0 Å². The van der Waals surface area contributed by atoms with Gasteiger partial charge in [0.25, 0.3) is 0 Å². The van der Waals surface area contributed by atoms with Crippen LogP contribution in [0.3, 0.4) is 0 Å². The third-order valence-corrected chi connectivity index (χ3v) is 0. The van der Waals surface area contributed by atoms with Crippen LogP contribution in [0.4, 0.5) is 0 Å². The first-order valence-electron chi connectivity index (χ1n) is 0. The molecule has 0 N–H and O–H groups in total. The molecule has 5 heteroatoms. The fraction of sp³-hybridized carbons (Fsp3) is 0. The maximum atomic E-state index is 0. The van der Waals surface area contributed by atoms with E-state index in [0.29, 0.717) is 0 Å². The van der Waals surface area contributed by atoms with E-state index in [4.69, 9.17) is 0 Å². The molecule has 35 valence electrons. The third-order valence-electron chi connectivity index (χ3n) is 0. The van der Waals surface area contributed by atoms with Crippen LogP contribution in [0.5, 0.6) is 0 Å². The van der Waals surface area contributed by atoms with Gasteiger partial charge in [-0.3, -0.25) is 0 Å². The fourth-order valence-electron chi connectivity index (χ4n) is 0. The van der Waals surface area contributed by atoms with Crippen molar-refractivity contribution >= 4 is 0 Å². The third kappa shape index (κ3) is 21.0. The minimum absolute atomic E-state index is 0. The number of rotatable bonds is 0. The zero-order valence-corrected chi connectivity index (χ0v) is 8.82. The molecule has 0 fully saturated rings. The van der Waals surface area contributed by atoms with Crippen LogP contribution in [0.15, 0.2) is 0 Å². The second-order valence-corrected chi connectivity index (χ2v) is 0. The van der Waals surface area contributed by atoms with E-state index in [0.717, 1.165) is 0 Å².